The van der Waals surface area contributed by atoms with Crippen molar-refractivity contribution >= 4 is 11.6 Å². The zero-order chi connectivity index (χ0) is 13.8. The molecule has 0 amide bonds. The Labute approximate surface area is 117 Å². The van der Waals surface area contributed by atoms with Crippen LogP contribution in [0.4, 0.5) is 0 Å². The van der Waals surface area contributed by atoms with Crippen molar-refractivity contribution in [2.75, 3.05) is 14.2 Å². The summed E-state index contributed by atoms with van der Waals surface area (Å²) in [7, 11) is 3.48. The summed E-state index contributed by atoms with van der Waals surface area (Å²) >= 11 is 6.15. The fraction of sp³-hybridized carbons (Fsp3) is 0.286. The third kappa shape index (κ3) is 3.03. The summed E-state index contributed by atoms with van der Waals surface area (Å²) in [6.07, 6.45) is 0. The highest BCUT2D eigenvalue weighted by Gasteiger charge is 2.09. The van der Waals surface area contributed by atoms with Gasteiger partial charge in [0, 0.05) is 12.1 Å². The van der Waals surface area contributed by atoms with Crippen molar-refractivity contribution in [2.24, 2.45) is 0 Å². The van der Waals surface area contributed by atoms with Crippen LogP contribution in [0.3, 0.4) is 0 Å². The number of methoxy groups -OCH3 is 1. The Hall–Kier alpha value is -1.65. The van der Waals surface area contributed by atoms with Crippen LogP contribution in [0.15, 0.2) is 24.3 Å². The van der Waals surface area contributed by atoms with Gasteiger partial charge in [-0.3, -0.25) is 0 Å². The summed E-state index contributed by atoms with van der Waals surface area (Å²) in [5, 5.41) is 12.0. The topological polar surface area (TPSA) is 47.0 Å². The molecule has 1 heterocycles. The maximum Gasteiger partial charge on any atom is 0.137 e. The quantitative estimate of drug-likeness (QED) is 0.933. The molecular formula is C14H16ClN3O. The number of rotatable bonds is 4. The zero-order valence-electron chi connectivity index (χ0n) is 11.2. The Morgan fingerprint density at radius 1 is 1.26 bits per heavy atom. The van der Waals surface area contributed by atoms with Gasteiger partial charge in [-0.25, -0.2) is 0 Å². The van der Waals surface area contributed by atoms with Gasteiger partial charge in [0.2, 0.25) is 0 Å². The van der Waals surface area contributed by atoms with Crippen molar-refractivity contribution in [3.63, 3.8) is 0 Å². The summed E-state index contributed by atoms with van der Waals surface area (Å²) in [4.78, 5) is 0. The molecule has 0 aliphatic carbocycles. The van der Waals surface area contributed by atoms with Crippen molar-refractivity contribution in [3.8, 4) is 17.0 Å². The summed E-state index contributed by atoms with van der Waals surface area (Å²) in [5.41, 5.74) is 3.73. The zero-order valence-corrected chi connectivity index (χ0v) is 12.0. The first-order valence-corrected chi connectivity index (χ1v) is 6.35. The van der Waals surface area contributed by atoms with E-state index in [-0.39, 0.29) is 0 Å². The first-order chi connectivity index (χ1) is 9.15. The van der Waals surface area contributed by atoms with E-state index >= 15 is 0 Å². The molecule has 0 radical (unpaired) electrons. The van der Waals surface area contributed by atoms with Gasteiger partial charge in [-0.2, -0.15) is 10.2 Å². The molecule has 0 atom stereocenters. The molecular weight excluding hydrogens is 262 g/mol. The molecule has 1 N–H and O–H groups in total. The van der Waals surface area contributed by atoms with Crippen molar-refractivity contribution in [2.45, 2.75) is 13.5 Å². The lowest BCUT2D eigenvalue weighted by Crippen LogP contribution is -2.07. The minimum absolute atomic E-state index is 0.573. The number of hydrogen-bond acceptors (Lipinski definition) is 4. The standard InChI is InChI=1S/C14H16ClN3O/c1-9-6-14(19-3)12(15)7-11(9)13-5-4-10(8-16-2)17-18-13/h4-7,16H,8H2,1-3H3. The maximum absolute atomic E-state index is 6.15. The fourth-order valence-corrected chi connectivity index (χ4v) is 2.11. The van der Waals surface area contributed by atoms with E-state index in [1.165, 1.54) is 0 Å². The van der Waals surface area contributed by atoms with Crippen LogP contribution in [0.1, 0.15) is 11.3 Å². The number of benzene rings is 1. The summed E-state index contributed by atoms with van der Waals surface area (Å²) in [6.45, 7) is 2.70. The molecule has 0 fully saturated rings. The molecule has 0 unspecified atom stereocenters. The van der Waals surface area contributed by atoms with Crippen LogP contribution in [0, 0.1) is 6.92 Å². The van der Waals surface area contributed by atoms with Gasteiger partial charge in [0.15, 0.2) is 0 Å². The van der Waals surface area contributed by atoms with Gasteiger partial charge in [-0.05, 0) is 43.8 Å². The molecule has 2 aromatic rings. The number of hydrogen-bond donors (Lipinski definition) is 1. The minimum Gasteiger partial charge on any atom is -0.495 e. The van der Waals surface area contributed by atoms with E-state index in [4.69, 9.17) is 16.3 Å². The van der Waals surface area contributed by atoms with Gasteiger partial charge >= 0.3 is 0 Å². The normalized spacial score (nSPS) is 10.5. The molecule has 0 saturated heterocycles. The molecule has 4 nitrogen and oxygen atoms in total. The lowest BCUT2D eigenvalue weighted by Gasteiger charge is -2.09. The average Bonchev–Trinajstić information content (AvgIpc) is 2.42. The SMILES string of the molecule is CNCc1ccc(-c2cc(Cl)c(OC)cc2C)nn1. The molecule has 0 aliphatic rings. The van der Waals surface area contributed by atoms with Gasteiger partial charge in [0.05, 0.1) is 23.5 Å². The average molecular weight is 278 g/mol. The van der Waals surface area contributed by atoms with Crippen molar-refractivity contribution in [1.29, 1.82) is 0 Å². The summed E-state index contributed by atoms with van der Waals surface area (Å²) < 4.78 is 5.19. The van der Waals surface area contributed by atoms with Gasteiger partial charge in [-0.15, -0.1) is 0 Å². The molecule has 5 heteroatoms. The third-order valence-electron chi connectivity index (χ3n) is 2.85. The Morgan fingerprint density at radius 2 is 2.05 bits per heavy atom. The molecule has 1 aromatic heterocycles. The van der Waals surface area contributed by atoms with Crippen molar-refractivity contribution in [3.05, 3.63) is 40.5 Å². The largest absolute Gasteiger partial charge is 0.495 e. The van der Waals surface area contributed by atoms with Gasteiger partial charge in [-0.1, -0.05) is 11.6 Å². The van der Waals surface area contributed by atoms with Gasteiger partial charge in [0.25, 0.3) is 0 Å². The van der Waals surface area contributed by atoms with Crippen LogP contribution in [0.2, 0.25) is 5.02 Å². The van der Waals surface area contributed by atoms with E-state index in [9.17, 15) is 0 Å². The first-order valence-electron chi connectivity index (χ1n) is 5.97. The number of aromatic nitrogens is 2. The van der Waals surface area contributed by atoms with Crippen molar-refractivity contribution in [1.82, 2.24) is 15.5 Å². The second-order valence-corrected chi connectivity index (χ2v) is 4.65. The number of halogens is 1. The highest BCUT2D eigenvalue weighted by atomic mass is 35.5. The predicted octanol–water partition coefficient (Wildman–Crippen LogP) is 2.83. The number of ether oxygens (including phenoxy) is 1. The Kier molecular flexibility index (Phi) is 4.35. The first kappa shape index (κ1) is 13.8. The number of aryl methyl sites for hydroxylation is 1. The molecule has 0 bridgehead atoms. The Bertz CT molecular complexity index is 570. The van der Waals surface area contributed by atoms with E-state index < -0.39 is 0 Å². The number of nitrogens with zero attached hydrogens (tertiary/aromatic N) is 2. The summed E-state index contributed by atoms with van der Waals surface area (Å²) in [5.74, 6) is 0.669. The molecule has 1 aromatic carbocycles. The van der Waals surface area contributed by atoms with E-state index in [1.54, 1.807) is 7.11 Å². The van der Waals surface area contributed by atoms with Gasteiger partial charge in [0.1, 0.15) is 5.75 Å². The maximum atomic E-state index is 6.15. The van der Waals surface area contributed by atoms with Crippen LogP contribution >= 0.6 is 11.6 Å². The highest BCUT2D eigenvalue weighted by molar-refractivity contribution is 6.32. The lowest BCUT2D eigenvalue weighted by atomic mass is 10.0. The van der Waals surface area contributed by atoms with E-state index in [0.29, 0.717) is 17.3 Å². The monoisotopic (exact) mass is 277 g/mol. The highest BCUT2D eigenvalue weighted by Crippen LogP contribution is 2.32. The number of nitrogens with one attached hydrogen (secondary N) is 1. The van der Waals surface area contributed by atoms with Crippen molar-refractivity contribution < 1.29 is 4.74 Å². The molecule has 0 aliphatic heterocycles. The van der Waals surface area contributed by atoms with E-state index in [2.05, 4.69) is 15.5 Å². The molecule has 19 heavy (non-hydrogen) atoms. The lowest BCUT2D eigenvalue weighted by molar-refractivity contribution is 0.415. The van der Waals surface area contributed by atoms with Gasteiger partial charge < -0.3 is 10.1 Å². The van der Waals surface area contributed by atoms with E-state index in [1.807, 2.05) is 38.2 Å². The van der Waals surface area contributed by atoms with Crippen LogP contribution < -0.4 is 10.1 Å². The smallest absolute Gasteiger partial charge is 0.137 e. The van der Waals surface area contributed by atoms with Crippen LogP contribution in [-0.2, 0) is 6.54 Å². The Balaban J connectivity index is 2.38. The summed E-state index contributed by atoms with van der Waals surface area (Å²) in [6, 6.07) is 7.67. The van der Waals surface area contributed by atoms with Crippen LogP contribution in [0.5, 0.6) is 5.75 Å². The van der Waals surface area contributed by atoms with E-state index in [0.717, 1.165) is 22.5 Å². The van der Waals surface area contributed by atoms with Crippen LogP contribution in [-0.4, -0.2) is 24.4 Å². The molecule has 2 rings (SSSR count). The third-order valence-corrected chi connectivity index (χ3v) is 3.15. The molecule has 0 spiro atoms. The fourth-order valence-electron chi connectivity index (χ4n) is 1.87. The Morgan fingerprint density at radius 3 is 2.63 bits per heavy atom. The van der Waals surface area contributed by atoms with Crippen LogP contribution in [0.25, 0.3) is 11.3 Å². The second-order valence-electron chi connectivity index (χ2n) is 4.24. The molecule has 100 valence electrons. The second kappa shape index (κ2) is 5.99. The molecule has 0 saturated carbocycles. The predicted molar refractivity (Wildman–Crippen MR) is 76.5 cm³/mol. The minimum atomic E-state index is 0.573.